The Bertz CT molecular complexity index is 569. The third-order valence-corrected chi connectivity index (χ3v) is 3.18. The van der Waals surface area contributed by atoms with Gasteiger partial charge < -0.3 is 5.32 Å². The molecule has 0 fully saturated rings. The topological polar surface area (TPSA) is 42.7 Å². The molecule has 0 aliphatic heterocycles. The molecule has 0 saturated heterocycles. The average Bonchev–Trinajstić information content (AvgIpc) is 2.69. The van der Waals surface area contributed by atoms with E-state index in [0.29, 0.717) is 11.6 Å². The first-order valence-electron chi connectivity index (χ1n) is 6.24. The number of halogens is 1. The maximum Gasteiger partial charge on any atom is 0.0727 e. The summed E-state index contributed by atoms with van der Waals surface area (Å²) in [5.74, 6) is 0. The number of aromatic nitrogens is 3. The molecule has 5 heteroatoms. The minimum atomic E-state index is 0.0248. The van der Waals surface area contributed by atoms with Crippen LogP contribution < -0.4 is 5.32 Å². The lowest BCUT2D eigenvalue weighted by Crippen LogP contribution is -2.16. The second kappa shape index (κ2) is 5.21. The van der Waals surface area contributed by atoms with Crippen LogP contribution in [0, 0.1) is 0 Å². The highest BCUT2D eigenvalue weighted by atomic mass is 35.5. The van der Waals surface area contributed by atoms with Crippen LogP contribution in [0.3, 0.4) is 0 Å². The van der Waals surface area contributed by atoms with E-state index < -0.39 is 0 Å². The van der Waals surface area contributed by atoms with Crippen LogP contribution in [0.2, 0.25) is 5.02 Å². The van der Waals surface area contributed by atoms with E-state index in [1.807, 2.05) is 17.9 Å². The third-order valence-electron chi connectivity index (χ3n) is 2.85. The van der Waals surface area contributed by atoms with Crippen LogP contribution in [0.1, 0.15) is 32.0 Å². The van der Waals surface area contributed by atoms with Crippen LogP contribution >= 0.6 is 11.6 Å². The molecule has 0 atom stereocenters. The Balaban J connectivity index is 2.19. The molecule has 102 valence electrons. The lowest BCUT2D eigenvalue weighted by molar-refractivity contribution is 0.549. The van der Waals surface area contributed by atoms with Crippen LogP contribution in [0.25, 0.3) is 0 Å². The number of hydrogen-bond donors (Lipinski definition) is 1. The fourth-order valence-electron chi connectivity index (χ4n) is 2.00. The SMILES string of the molecule is Cn1cc(CNc2cnccc2Cl)c(C(C)(C)C)n1. The van der Waals surface area contributed by atoms with Gasteiger partial charge in [-0.05, 0) is 6.07 Å². The highest BCUT2D eigenvalue weighted by molar-refractivity contribution is 6.33. The molecule has 2 aromatic rings. The van der Waals surface area contributed by atoms with E-state index in [4.69, 9.17) is 11.6 Å². The molecule has 2 rings (SSSR count). The first-order valence-corrected chi connectivity index (χ1v) is 6.62. The van der Waals surface area contributed by atoms with Gasteiger partial charge in [0.2, 0.25) is 0 Å². The van der Waals surface area contributed by atoms with E-state index in [1.165, 1.54) is 5.56 Å². The minimum Gasteiger partial charge on any atom is -0.378 e. The molecule has 0 aliphatic rings. The molecule has 2 heterocycles. The molecule has 0 aliphatic carbocycles. The summed E-state index contributed by atoms with van der Waals surface area (Å²) in [6.45, 7) is 7.17. The van der Waals surface area contributed by atoms with Crippen LogP contribution in [0.15, 0.2) is 24.7 Å². The van der Waals surface area contributed by atoms with Crippen molar-refractivity contribution in [2.45, 2.75) is 32.7 Å². The number of aryl methyl sites for hydroxylation is 1. The highest BCUT2D eigenvalue weighted by Crippen LogP contribution is 2.26. The van der Waals surface area contributed by atoms with Gasteiger partial charge in [-0.15, -0.1) is 0 Å². The molecular formula is C14H19ClN4. The molecule has 0 unspecified atom stereocenters. The molecule has 1 N–H and O–H groups in total. The summed E-state index contributed by atoms with van der Waals surface area (Å²) in [4.78, 5) is 4.07. The monoisotopic (exact) mass is 278 g/mol. The van der Waals surface area contributed by atoms with Crippen molar-refractivity contribution in [2.75, 3.05) is 5.32 Å². The number of nitrogens with one attached hydrogen (secondary N) is 1. The van der Waals surface area contributed by atoms with E-state index in [9.17, 15) is 0 Å². The number of hydrogen-bond acceptors (Lipinski definition) is 3. The van der Waals surface area contributed by atoms with Crippen molar-refractivity contribution < 1.29 is 0 Å². The molecule has 0 radical (unpaired) electrons. The molecule has 0 spiro atoms. The van der Waals surface area contributed by atoms with E-state index in [2.05, 4.69) is 36.2 Å². The van der Waals surface area contributed by atoms with E-state index in [0.717, 1.165) is 11.4 Å². The van der Waals surface area contributed by atoms with Crippen molar-refractivity contribution >= 4 is 17.3 Å². The Morgan fingerprint density at radius 2 is 2.11 bits per heavy atom. The van der Waals surface area contributed by atoms with Gasteiger partial charge in [-0.3, -0.25) is 9.67 Å². The maximum atomic E-state index is 6.10. The van der Waals surface area contributed by atoms with Crippen LogP contribution in [-0.4, -0.2) is 14.8 Å². The summed E-state index contributed by atoms with van der Waals surface area (Å²) in [6.07, 6.45) is 5.45. The van der Waals surface area contributed by atoms with Gasteiger partial charge in [0, 0.05) is 37.0 Å². The molecule has 2 aromatic heterocycles. The van der Waals surface area contributed by atoms with Crippen molar-refractivity contribution in [3.05, 3.63) is 40.9 Å². The first kappa shape index (κ1) is 13.9. The molecule has 0 saturated carbocycles. The Hall–Kier alpha value is -1.55. The largest absolute Gasteiger partial charge is 0.378 e. The number of pyridine rings is 1. The second-order valence-corrected chi connectivity index (χ2v) is 6.04. The van der Waals surface area contributed by atoms with Gasteiger partial charge in [0.1, 0.15) is 0 Å². The summed E-state index contributed by atoms with van der Waals surface area (Å²) >= 11 is 6.10. The fourth-order valence-corrected chi connectivity index (χ4v) is 2.17. The summed E-state index contributed by atoms with van der Waals surface area (Å²) in [5, 5.41) is 8.53. The summed E-state index contributed by atoms with van der Waals surface area (Å²) in [6, 6.07) is 1.78. The number of nitrogens with zero attached hydrogens (tertiary/aromatic N) is 3. The number of anilines is 1. The number of rotatable bonds is 3. The summed E-state index contributed by atoms with van der Waals surface area (Å²) in [5.41, 5.74) is 3.14. The lowest BCUT2D eigenvalue weighted by Gasteiger charge is -2.18. The first-order chi connectivity index (χ1) is 8.88. The second-order valence-electron chi connectivity index (χ2n) is 5.64. The van der Waals surface area contributed by atoms with Crippen molar-refractivity contribution in [1.82, 2.24) is 14.8 Å². The lowest BCUT2D eigenvalue weighted by atomic mass is 9.89. The van der Waals surface area contributed by atoms with Crippen molar-refractivity contribution in [3.63, 3.8) is 0 Å². The Morgan fingerprint density at radius 3 is 2.74 bits per heavy atom. The van der Waals surface area contributed by atoms with Crippen LogP contribution in [0.5, 0.6) is 0 Å². The van der Waals surface area contributed by atoms with Gasteiger partial charge in [-0.1, -0.05) is 32.4 Å². The van der Waals surface area contributed by atoms with E-state index in [-0.39, 0.29) is 5.41 Å². The Morgan fingerprint density at radius 1 is 1.37 bits per heavy atom. The predicted molar refractivity (Wildman–Crippen MR) is 78.5 cm³/mol. The van der Waals surface area contributed by atoms with Crippen molar-refractivity contribution in [1.29, 1.82) is 0 Å². The van der Waals surface area contributed by atoms with Crippen LogP contribution in [-0.2, 0) is 19.0 Å². The molecular weight excluding hydrogens is 260 g/mol. The van der Waals surface area contributed by atoms with Gasteiger partial charge in [-0.2, -0.15) is 5.10 Å². The predicted octanol–water partition coefficient (Wildman–Crippen LogP) is 3.38. The zero-order valence-corrected chi connectivity index (χ0v) is 12.5. The van der Waals surface area contributed by atoms with Gasteiger partial charge in [0.15, 0.2) is 0 Å². The molecule has 19 heavy (non-hydrogen) atoms. The summed E-state index contributed by atoms with van der Waals surface area (Å²) in [7, 11) is 1.94. The normalized spacial score (nSPS) is 11.6. The highest BCUT2D eigenvalue weighted by Gasteiger charge is 2.21. The minimum absolute atomic E-state index is 0.0248. The average molecular weight is 279 g/mol. The van der Waals surface area contributed by atoms with Gasteiger partial charge >= 0.3 is 0 Å². The Labute approximate surface area is 118 Å². The maximum absolute atomic E-state index is 6.10. The van der Waals surface area contributed by atoms with E-state index >= 15 is 0 Å². The van der Waals surface area contributed by atoms with E-state index in [1.54, 1.807) is 18.5 Å². The fraction of sp³-hybridized carbons (Fsp3) is 0.429. The zero-order chi connectivity index (χ0) is 14.0. The molecule has 0 amide bonds. The van der Waals surface area contributed by atoms with Gasteiger partial charge in [0.05, 0.1) is 22.6 Å². The Kier molecular flexibility index (Phi) is 3.80. The van der Waals surface area contributed by atoms with Gasteiger partial charge in [-0.25, -0.2) is 0 Å². The standard InChI is InChI=1S/C14H19ClN4/c1-14(2,3)13-10(9-19(4)18-13)7-17-12-8-16-6-5-11(12)15/h5-6,8-9,17H,7H2,1-4H3. The van der Waals surface area contributed by atoms with Crippen molar-refractivity contribution in [2.24, 2.45) is 7.05 Å². The molecule has 4 nitrogen and oxygen atoms in total. The molecule has 0 bridgehead atoms. The van der Waals surface area contributed by atoms with Crippen molar-refractivity contribution in [3.8, 4) is 0 Å². The molecule has 0 aromatic carbocycles. The van der Waals surface area contributed by atoms with Crippen LogP contribution in [0.4, 0.5) is 5.69 Å². The zero-order valence-electron chi connectivity index (χ0n) is 11.7. The van der Waals surface area contributed by atoms with Gasteiger partial charge in [0.25, 0.3) is 0 Å². The third kappa shape index (κ3) is 3.26. The summed E-state index contributed by atoms with van der Waals surface area (Å²) < 4.78 is 1.85. The smallest absolute Gasteiger partial charge is 0.0727 e. The quantitative estimate of drug-likeness (QED) is 0.936.